The van der Waals surface area contributed by atoms with E-state index < -0.39 is 5.97 Å². The van der Waals surface area contributed by atoms with Crippen molar-refractivity contribution in [3.8, 4) is 5.75 Å². The zero-order valence-electron chi connectivity index (χ0n) is 13.8. The Hall–Kier alpha value is -3.19. The fourth-order valence-corrected chi connectivity index (χ4v) is 3.70. The first-order valence-corrected chi connectivity index (χ1v) is 8.69. The van der Waals surface area contributed by atoms with Crippen LogP contribution in [0, 0.1) is 0 Å². The Bertz CT molecular complexity index is 1160. The fourth-order valence-electron chi connectivity index (χ4n) is 2.65. The molecular weight excluding hydrogens is 352 g/mol. The minimum atomic E-state index is -0.481. The second kappa shape index (κ2) is 6.61. The number of ether oxygens (including phenoxy) is 2. The molecule has 2 aromatic heterocycles. The van der Waals surface area contributed by atoms with E-state index in [-0.39, 0.29) is 12.2 Å². The Morgan fingerprint density at radius 1 is 1.15 bits per heavy atom. The Morgan fingerprint density at radius 2 is 1.92 bits per heavy atom. The highest BCUT2D eigenvalue weighted by Crippen LogP contribution is 2.23. The summed E-state index contributed by atoms with van der Waals surface area (Å²) in [7, 11) is 1.56. The molecule has 0 aliphatic rings. The van der Waals surface area contributed by atoms with Gasteiger partial charge in [-0.1, -0.05) is 23.5 Å². The maximum atomic E-state index is 12.4. The van der Waals surface area contributed by atoms with Crippen LogP contribution in [0.2, 0.25) is 0 Å². The number of hydrogen-bond donors (Lipinski definition) is 0. The first-order valence-electron chi connectivity index (χ1n) is 7.87. The monoisotopic (exact) mass is 366 g/mol. The van der Waals surface area contributed by atoms with Gasteiger partial charge in [0.1, 0.15) is 12.4 Å². The quantitative estimate of drug-likeness (QED) is 0.519. The molecule has 7 heteroatoms. The first-order chi connectivity index (χ1) is 12.7. The van der Waals surface area contributed by atoms with E-state index in [1.807, 2.05) is 24.3 Å². The molecule has 2 heterocycles. The standard InChI is InChI=1S/C19H14N2O4S/c1-24-14-8-6-12(7-9-14)18(23)25-11-13-10-17(22)21-15-4-2-3-5-16(15)26-19(21)20-13/h2-10H,11H2,1H3. The van der Waals surface area contributed by atoms with Gasteiger partial charge in [0.2, 0.25) is 0 Å². The molecule has 4 aromatic rings. The van der Waals surface area contributed by atoms with Crippen LogP contribution in [0.15, 0.2) is 59.4 Å². The Morgan fingerprint density at radius 3 is 2.69 bits per heavy atom. The molecule has 26 heavy (non-hydrogen) atoms. The summed E-state index contributed by atoms with van der Waals surface area (Å²) in [5, 5.41) is 0. The number of esters is 1. The molecule has 0 atom stereocenters. The van der Waals surface area contributed by atoms with E-state index in [9.17, 15) is 9.59 Å². The number of carbonyl (C=O) groups is 1. The summed E-state index contributed by atoms with van der Waals surface area (Å²) < 4.78 is 12.9. The van der Waals surface area contributed by atoms with Crippen LogP contribution in [0.25, 0.3) is 15.2 Å². The second-order valence-electron chi connectivity index (χ2n) is 5.58. The molecule has 0 radical (unpaired) electrons. The maximum Gasteiger partial charge on any atom is 0.338 e. The number of para-hydroxylation sites is 1. The molecule has 0 aliphatic heterocycles. The molecule has 0 N–H and O–H groups in total. The van der Waals surface area contributed by atoms with E-state index in [2.05, 4.69) is 4.98 Å². The van der Waals surface area contributed by atoms with E-state index in [0.29, 0.717) is 22.0 Å². The molecule has 0 saturated heterocycles. The van der Waals surface area contributed by atoms with Crippen molar-refractivity contribution in [1.82, 2.24) is 9.38 Å². The predicted octanol–water partition coefficient (Wildman–Crippen LogP) is 3.27. The van der Waals surface area contributed by atoms with Gasteiger partial charge in [0.05, 0.1) is 28.6 Å². The Labute approximate surface area is 152 Å². The molecule has 0 unspecified atom stereocenters. The fraction of sp³-hybridized carbons (Fsp3) is 0.105. The van der Waals surface area contributed by atoms with E-state index in [1.54, 1.807) is 35.8 Å². The summed E-state index contributed by atoms with van der Waals surface area (Å²) >= 11 is 1.42. The predicted molar refractivity (Wildman–Crippen MR) is 99.0 cm³/mol. The first kappa shape index (κ1) is 16.3. The third-order valence-corrected chi connectivity index (χ3v) is 4.95. The number of benzene rings is 2. The van der Waals surface area contributed by atoms with Crippen molar-refractivity contribution < 1.29 is 14.3 Å². The van der Waals surface area contributed by atoms with Gasteiger partial charge in [-0.3, -0.25) is 9.20 Å². The topological polar surface area (TPSA) is 69.9 Å². The van der Waals surface area contributed by atoms with Gasteiger partial charge in [-0.05, 0) is 36.4 Å². The largest absolute Gasteiger partial charge is 0.497 e. The van der Waals surface area contributed by atoms with Crippen molar-refractivity contribution in [3.63, 3.8) is 0 Å². The molecule has 0 bridgehead atoms. The zero-order chi connectivity index (χ0) is 18.1. The Kier molecular flexibility index (Phi) is 4.14. The van der Waals surface area contributed by atoms with Crippen LogP contribution < -0.4 is 10.3 Å². The molecular formula is C19H14N2O4S. The van der Waals surface area contributed by atoms with Crippen LogP contribution in [0.5, 0.6) is 5.75 Å². The van der Waals surface area contributed by atoms with Gasteiger partial charge in [0, 0.05) is 6.07 Å². The third kappa shape index (κ3) is 2.93. The number of methoxy groups -OCH3 is 1. The van der Waals surface area contributed by atoms with Gasteiger partial charge in [0.25, 0.3) is 5.56 Å². The van der Waals surface area contributed by atoms with Gasteiger partial charge in [-0.25, -0.2) is 9.78 Å². The van der Waals surface area contributed by atoms with Crippen molar-refractivity contribution >= 4 is 32.5 Å². The van der Waals surface area contributed by atoms with Crippen LogP contribution >= 0.6 is 11.3 Å². The minimum Gasteiger partial charge on any atom is -0.497 e. The average Bonchev–Trinajstić information content (AvgIpc) is 3.05. The van der Waals surface area contributed by atoms with Crippen molar-refractivity contribution in [1.29, 1.82) is 0 Å². The van der Waals surface area contributed by atoms with Crippen molar-refractivity contribution in [3.05, 3.63) is 76.2 Å². The highest BCUT2D eigenvalue weighted by molar-refractivity contribution is 7.23. The maximum absolute atomic E-state index is 12.4. The summed E-state index contributed by atoms with van der Waals surface area (Å²) in [6.45, 7) is -0.0646. The molecule has 6 nitrogen and oxygen atoms in total. The lowest BCUT2D eigenvalue weighted by Crippen LogP contribution is -2.15. The van der Waals surface area contributed by atoms with E-state index in [4.69, 9.17) is 9.47 Å². The second-order valence-corrected chi connectivity index (χ2v) is 6.59. The number of thiazole rings is 1. The van der Waals surface area contributed by atoms with Crippen LogP contribution in [0.1, 0.15) is 16.1 Å². The summed E-state index contributed by atoms with van der Waals surface area (Å²) in [4.78, 5) is 29.6. The van der Waals surface area contributed by atoms with Gasteiger partial charge < -0.3 is 9.47 Å². The van der Waals surface area contributed by atoms with Gasteiger partial charge >= 0.3 is 5.97 Å². The number of nitrogens with zero attached hydrogens (tertiary/aromatic N) is 2. The van der Waals surface area contributed by atoms with Gasteiger partial charge in [0.15, 0.2) is 4.96 Å². The number of aromatic nitrogens is 2. The molecule has 0 spiro atoms. The normalized spacial score (nSPS) is 11.0. The Balaban J connectivity index is 1.58. The SMILES string of the molecule is COc1ccc(C(=O)OCc2cc(=O)n3c(n2)sc2ccccc23)cc1. The third-order valence-electron chi connectivity index (χ3n) is 3.93. The number of rotatable bonds is 4. The van der Waals surface area contributed by atoms with Crippen LogP contribution in [0.4, 0.5) is 0 Å². The molecule has 0 amide bonds. The molecule has 4 rings (SSSR count). The highest BCUT2D eigenvalue weighted by atomic mass is 32.1. The minimum absolute atomic E-state index is 0.0646. The lowest BCUT2D eigenvalue weighted by molar-refractivity contribution is 0.0468. The number of hydrogen-bond acceptors (Lipinski definition) is 6. The molecule has 0 fully saturated rings. The highest BCUT2D eigenvalue weighted by Gasteiger charge is 2.12. The summed E-state index contributed by atoms with van der Waals surface area (Å²) in [5.74, 6) is 0.178. The van der Waals surface area contributed by atoms with E-state index in [0.717, 1.165) is 10.2 Å². The summed E-state index contributed by atoms with van der Waals surface area (Å²) in [6, 6.07) is 15.6. The number of fused-ring (bicyclic) bond motifs is 3. The van der Waals surface area contributed by atoms with Crippen LogP contribution in [0.3, 0.4) is 0 Å². The van der Waals surface area contributed by atoms with Crippen LogP contribution in [-0.2, 0) is 11.3 Å². The molecule has 0 saturated carbocycles. The lowest BCUT2D eigenvalue weighted by atomic mass is 10.2. The molecule has 0 aliphatic carbocycles. The van der Waals surface area contributed by atoms with Crippen molar-refractivity contribution in [2.45, 2.75) is 6.61 Å². The lowest BCUT2D eigenvalue weighted by Gasteiger charge is -2.05. The van der Waals surface area contributed by atoms with E-state index in [1.165, 1.54) is 17.4 Å². The molecule has 130 valence electrons. The summed E-state index contributed by atoms with van der Waals surface area (Å²) in [6.07, 6.45) is 0. The van der Waals surface area contributed by atoms with Gasteiger partial charge in [-0.15, -0.1) is 0 Å². The van der Waals surface area contributed by atoms with Crippen molar-refractivity contribution in [2.75, 3.05) is 7.11 Å². The smallest absolute Gasteiger partial charge is 0.338 e. The van der Waals surface area contributed by atoms with Crippen molar-refractivity contribution in [2.24, 2.45) is 0 Å². The van der Waals surface area contributed by atoms with Crippen LogP contribution in [-0.4, -0.2) is 22.5 Å². The molecule has 2 aromatic carbocycles. The van der Waals surface area contributed by atoms with Gasteiger partial charge in [-0.2, -0.15) is 0 Å². The number of carbonyl (C=O) groups excluding carboxylic acids is 1. The van der Waals surface area contributed by atoms with E-state index >= 15 is 0 Å². The zero-order valence-corrected chi connectivity index (χ0v) is 14.7. The average molecular weight is 366 g/mol. The summed E-state index contributed by atoms with van der Waals surface area (Å²) in [5.41, 5.74) is 1.46.